The number of phosphoric ester groups is 1. The second-order valence-electron chi connectivity index (χ2n) is 7.32. The van der Waals surface area contributed by atoms with Crippen LogP contribution in [0.2, 0.25) is 0 Å². The van der Waals surface area contributed by atoms with Crippen molar-refractivity contribution in [3.05, 3.63) is 36.5 Å². The molecule has 0 aliphatic rings. The number of esters is 3. The molecule has 11 heteroatoms. The van der Waals surface area contributed by atoms with Gasteiger partial charge in [0.1, 0.15) is 18.3 Å². The Morgan fingerprint density at radius 2 is 0.844 bits per heavy atom. The standard InChI is InChI=1S/C21H33O10P/c1-13(2)19(22)29-16(7)10-26-32(25,27-11-17(8)30-20(23)14(3)4)28-12-18(9)31-21(24)15(5)6/h16-18H,1,3,5,10-12H2,2,4,6-9H3. The van der Waals surface area contributed by atoms with Gasteiger partial charge in [-0.15, -0.1) is 0 Å². The monoisotopic (exact) mass is 476 g/mol. The summed E-state index contributed by atoms with van der Waals surface area (Å²) in [5.41, 5.74) is 0.566. The molecular weight excluding hydrogens is 443 g/mol. The molecule has 0 saturated heterocycles. The molecule has 0 amide bonds. The van der Waals surface area contributed by atoms with Gasteiger partial charge in [-0.25, -0.2) is 18.9 Å². The van der Waals surface area contributed by atoms with Gasteiger partial charge in [0.05, 0.1) is 19.8 Å². The first-order valence-electron chi connectivity index (χ1n) is 9.80. The molecule has 0 aliphatic carbocycles. The fourth-order valence-electron chi connectivity index (χ4n) is 1.65. The van der Waals surface area contributed by atoms with Crippen molar-refractivity contribution in [2.75, 3.05) is 19.8 Å². The Hall–Kier alpha value is -2.26. The number of rotatable bonds is 15. The lowest BCUT2D eigenvalue weighted by Crippen LogP contribution is -2.24. The van der Waals surface area contributed by atoms with E-state index in [1.54, 1.807) is 0 Å². The van der Waals surface area contributed by atoms with E-state index in [0.717, 1.165) is 0 Å². The summed E-state index contributed by atoms with van der Waals surface area (Å²) in [6, 6.07) is 0. The fourth-order valence-corrected chi connectivity index (χ4v) is 3.05. The van der Waals surface area contributed by atoms with Crippen molar-refractivity contribution >= 4 is 25.7 Å². The molecule has 0 rings (SSSR count). The van der Waals surface area contributed by atoms with Crippen LogP contribution >= 0.6 is 7.82 Å². The second-order valence-corrected chi connectivity index (χ2v) is 8.99. The molecule has 0 aromatic heterocycles. The molecule has 0 bridgehead atoms. The van der Waals surface area contributed by atoms with Gasteiger partial charge in [-0.05, 0) is 41.5 Å². The van der Waals surface area contributed by atoms with Gasteiger partial charge < -0.3 is 14.2 Å². The lowest BCUT2D eigenvalue weighted by molar-refractivity contribution is -0.145. The van der Waals surface area contributed by atoms with Gasteiger partial charge in [-0.3, -0.25) is 13.6 Å². The maximum atomic E-state index is 13.0. The van der Waals surface area contributed by atoms with Gasteiger partial charge >= 0.3 is 25.7 Å². The molecule has 0 aromatic rings. The molecule has 0 saturated carbocycles. The van der Waals surface area contributed by atoms with Crippen LogP contribution in [0.4, 0.5) is 0 Å². The molecule has 3 unspecified atom stereocenters. The molecule has 0 spiro atoms. The van der Waals surface area contributed by atoms with Crippen LogP contribution in [0.25, 0.3) is 0 Å². The van der Waals surface area contributed by atoms with Crippen LogP contribution in [0.1, 0.15) is 41.5 Å². The van der Waals surface area contributed by atoms with Gasteiger partial charge in [-0.2, -0.15) is 0 Å². The first-order chi connectivity index (χ1) is 14.7. The van der Waals surface area contributed by atoms with Crippen LogP contribution in [0, 0.1) is 0 Å². The van der Waals surface area contributed by atoms with Crippen molar-refractivity contribution in [3.8, 4) is 0 Å². The number of hydrogen-bond donors (Lipinski definition) is 0. The third-order valence-electron chi connectivity index (χ3n) is 3.37. The minimum atomic E-state index is -4.22. The lowest BCUT2D eigenvalue weighted by Gasteiger charge is -2.23. The Morgan fingerprint density at radius 3 is 1.03 bits per heavy atom. The fraction of sp³-hybridized carbons (Fsp3) is 0.571. The highest BCUT2D eigenvalue weighted by molar-refractivity contribution is 7.48. The molecule has 0 aliphatic heterocycles. The topological polar surface area (TPSA) is 124 Å². The van der Waals surface area contributed by atoms with Crippen molar-refractivity contribution in [1.29, 1.82) is 0 Å². The van der Waals surface area contributed by atoms with Crippen LogP contribution < -0.4 is 0 Å². The first kappa shape index (κ1) is 29.7. The summed E-state index contributed by atoms with van der Waals surface area (Å²) >= 11 is 0. The SMILES string of the molecule is C=C(C)C(=O)OC(C)COP(=O)(OCC(C)OC(=O)C(=C)C)OCC(C)OC(=O)C(=C)C. The van der Waals surface area contributed by atoms with Crippen LogP contribution in [0.15, 0.2) is 36.5 Å². The van der Waals surface area contributed by atoms with Crippen LogP contribution in [0.3, 0.4) is 0 Å². The minimum Gasteiger partial charge on any atom is -0.457 e. The van der Waals surface area contributed by atoms with Gasteiger partial charge in [0.25, 0.3) is 0 Å². The third-order valence-corrected chi connectivity index (χ3v) is 4.77. The van der Waals surface area contributed by atoms with Crippen molar-refractivity contribution in [2.45, 2.75) is 59.9 Å². The van der Waals surface area contributed by atoms with E-state index in [1.807, 2.05) is 0 Å². The molecule has 0 heterocycles. The van der Waals surface area contributed by atoms with Crippen molar-refractivity contribution in [1.82, 2.24) is 0 Å². The zero-order chi connectivity index (χ0) is 25.1. The van der Waals surface area contributed by atoms with Gasteiger partial charge in [0, 0.05) is 16.7 Å². The Kier molecular flexibility index (Phi) is 13.0. The molecule has 0 N–H and O–H groups in total. The average molecular weight is 476 g/mol. The smallest absolute Gasteiger partial charge is 0.457 e. The van der Waals surface area contributed by atoms with E-state index in [9.17, 15) is 18.9 Å². The summed E-state index contributed by atoms with van der Waals surface area (Å²) < 4.78 is 44.0. The predicted molar refractivity (Wildman–Crippen MR) is 117 cm³/mol. The highest BCUT2D eigenvalue weighted by Gasteiger charge is 2.31. The Balaban J connectivity index is 5.07. The zero-order valence-corrected chi connectivity index (χ0v) is 20.4. The number of carbonyl (C=O) groups is 3. The molecular formula is C21H33O10P. The van der Waals surface area contributed by atoms with E-state index in [1.165, 1.54) is 41.5 Å². The third kappa shape index (κ3) is 12.6. The Labute approximate surface area is 189 Å². The molecule has 0 radical (unpaired) electrons. The minimum absolute atomic E-state index is 0.189. The van der Waals surface area contributed by atoms with Crippen LogP contribution in [-0.2, 0) is 46.7 Å². The molecule has 10 nitrogen and oxygen atoms in total. The highest BCUT2D eigenvalue weighted by atomic mass is 31.2. The average Bonchev–Trinajstić information content (AvgIpc) is 2.69. The van der Waals surface area contributed by atoms with E-state index in [0.29, 0.717) is 0 Å². The van der Waals surface area contributed by atoms with Crippen LogP contribution in [0.5, 0.6) is 0 Å². The predicted octanol–water partition coefficient (Wildman–Crippen LogP) is 3.67. The molecule has 3 atom stereocenters. The van der Waals surface area contributed by atoms with Gasteiger partial charge in [0.15, 0.2) is 0 Å². The van der Waals surface area contributed by atoms with E-state index in [-0.39, 0.29) is 36.5 Å². The normalized spacial score (nSPS) is 15.4. The summed E-state index contributed by atoms with van der Waals surface area (Å²) in [4.78, 5) is 34.8. The van der Waals surface area contributed by atoms with Crippen LogP contribution in [-0.4, -0.2) is 56.0 Å². The quantitative estimate of drug-likeness (QED) is 0.150. The summed E-state index contributed by atoms with van der Waals surface area (Å²) in [6.45, 7) is 18.4. The number of hydrogen-bond acceptors (Lipinski definition) is 10. The number of carbonyl (C=O) groups excluding carboxylic acids is 3. The summed E-state index contributed by atoms with van der Waals surface area (Å²) in [5.74, 6) is -1.92. The number of ether oxygens (including phenoxy) is 3. The Morgan fingerprint density at radius 1 is 0.625 bits per heavy atom. The zero-order valence-electron chi connectivity index (χ0n) is 19.5. The maximum Gasteiger partial charge on any atom is 0.475 e. The molecule has 0 fully saturated rings. The first-order valence-corrected chi connectivity index (χ1v) is 11.3. The summed E-state index contributed by atoms with van der Waals surface area (Å²) in [6.07, 6.45) is -2.38. The van der Waals surface area contributed by atoms with Crippen molar-refractivity contribution in [3.63, 3.8) is 0 Å². The van der Waals surface area contributed by atoms with E-state index in [2.05, 4.69) is 19.7 Å². The number of phosphoric acid groups is 1. The second kappa shape index (κ2) is 14.0. The van der Waals surface area contributed by atoms with Gasteiger partial charge in [0.2, 0.25) is 0 Å². The van der Waals surface area contributed by atoms with Gasteiger partial charge in [-0.1, -0.05) is 19.7 Å². The summed E-state index contributed by atoms with van der Waals surface area (Å²) in [7, 11) is -4.22. The largest absolute Gasteiger partial charge is 0.475 e. The molecule has 32 heavy (non-hydrogen) atoms. The van der Waals surface area contributed by atoms with E-state index in [4.69, 9.17) is 27.8 Å². The molecule has 182 valence electrons. The highest BCUT2D eigenvalue weighted by Crippen LogP contribution is 2.50. The lowest BCUT2D eigenvalue weighted by atomic mass is 10.3. The summed E-state index contributed by atoms with van der Waals surface area (Å²) in [5, 5.41) is 0. The van der Waals surface area contributed by atoms with E-state index < -0.39 is 44.0 Å². The maximum absolute atomic E-state index is 13.0. The molecule has 0 aromatic carbocycles. The van der Waals surface area contributed by atoms with Crippen molar-refractivity contribution in [2.24, 2.45) is 0 Å². The van der Waals surface area contributed by atoms with Crippen molar-refractivity contribution < 1.29 is 46.7 Å². The van der Waals surface area contributed by atoms with E-state index >= 15 is 0 Å². The Bertz CT molecular complexity index is 673.